The van der Waals surface area contributed by atoms with Crippen molar-refractivity contribution in [3.05, 3.63) is 47.5 Å². The molecule has 0 unspecified atom stereocenters. The van der Waals surface area contributed by atoms with Crippen molar-refractivity contribution in [2.75, 3.05) is 23.8 Å². The number of amides is 2. The molecule has 2 rings (SSSR count). The minimum absolute atomic E-state index is 0.218. The van der Waals surface area contributed by atoms with Gasteiger partial charge in [0.15, 0.2) is 0 Å². The predicted molar refractivity (Wildman–Crippen MR) is 102 cm³/mol. The molecule has 138 valence electrons. The van der Waals surface area contributed by atoms with Crippen LogP contribution in [-0.2, 0) is 4.79 Å². The topological polar surface area (TPSA) is 76.7 Å². The van der Waals surface area contributed by atoms with Crippen LogP contribution >= 0.6 is 0 Å². The highest BCUT2D eigenvalue weighted by Gasteiger charge is 2.16. The molecule has 2 N–H and O–H groups in total. The molecular formula is C20H24N2O4. The van der Waals surface area contributed by atoms with Crippen LogP contribution in [0, 0.1) is 6.92 Å². The molecular weight excluding hydrogens is 332 g/mol. The zero-order valence-corrected chi connectivity index (χ0v) is 15.5. The fourth-order valence-corrected chi connectivity index (χ4v) is 2.39. The lowest BCUT2D eigenvalue weighted by molar-refractivity contribution is -0.114. The molecule has 6 nitrogen and oxygen atoms in total. The number of anilines is 2. The van der Waals surface area contributed by atoms with E-state index in [4.69, 9.17) is 9.47 Å². The van der Waals surface area contributed by atoms with Crippen LogP contribution in [0.5, 0.6) is 11.5 Å². The Morgan fingerprint density at radius 2 is 1.38 bits per heavy atom. The van der Waals surface area contributed by atoms with Gasteiger partial charge in [-0.05, 0) is 32.9 Å². The lowest BCUT2D eigenvalue weighted by Crippen LogP contribution is -2.14. The van der Waals surface area contributed by atoms with Crippen molar-refractivity contribution < 1.29 is 19.1 Å². The number of hydrogen-bond donors (Lipinski definition) is 2. The van der Waals surface area contributed by atoms with Gasteiger partial charge in [-0.2, -0.15) is 0 Å². The SMILES string of the molecule is CCOc1cc(NC(=O)c2ccc(C)cc2)c(OCC)cc1NC(C)=O. The summed E-state index contributed by atoms with van der Waals surface area (Å²) in [7, 11) is 0. The Bertz CT molecular complexity index is 785. The van der Waals surface area contributed by atoms with E-state index in [2.05, 4.69) is 10.6 Å². The molecule has 0 fully saturated rings. The Kier molecular flexibility index (Phi) is 6.60. The van der Waals surface area contributed by atoms with Gasteiger partial charge in [-0.3, -0.25) is 9.59 Å². The summed E-state index contributed by atoms with van der Waals surface area (Å²) in [6.07, 6.45) is 0. The monoisotopic (exact) mass is 356 g/mol. The van der Waals surface area contributed by atoms with E-state index in [1.165, 1.54) is 6.92 Å². The van der Waals surface area contributed by atoms with Crippen molar-refractivity contribution in [2.45, 2.75) is 27.7 Å². The van der Waals surface area contributed by atoms with Crippen LogP contribution in [0.1, 0.15) is 36.7 Å². The van der Waals surface area contributed by atoms with Crippen LogP contribution in [0.15, 0.2) is 36.4 Å². The van der Waals surface area contributed by atoms with Gasteiger partial charge in [0, 0.05) is 24.6 Å². The highest BCUT2D eigenvalue weighted by molar-refractivity contribution is 6.05. The Morgan fingerprint density at radius 3 is 1.85 bits per heavy atom. The summed E-state index contributed by atoms with van der Waals surface area (Å²) in [6, 6.07) is 10.6. The van der Waals surface area contributed by atoms with E-state index in [1.54, 1.807) is 24.3 Å². The van der Waals surface area contributed by atoms with Gasteiger partial charge in [0.25, 0.3) is 5.91 Å². The number of carbonyl (C=O) groups excluding carboxylic acids is 2. The van der Waals surface area contributed by atoms with Crippen molar-refractivity contribution in [1.29, 1.82) is 0 Å². The second kappa shape index (κ2) is 8.89. The van der Waals surface area contributed by atoms with Crippen LogP contribution in [0.25, 0.3) is 0 Å². The Morgan fingerprint density at radius 1 is 0.885 bits per heavy atom. The third kappa shape index (κ3) is 4.99. The lowest BCUT2D eigenvalue weighted by Gasteiger charge is -2.17. The molecule has 0 aliphatic heterocycles. The Balaban J connectivity index is 2.37. The summed E-state index contributed by atoms with van der Waals surface area (Å²) >= 11 is 0. The van der Waals surface area contributed by atoms with Crippen molar-refractivity contribution in [3.63, 3.8) is 0 Å². The summed E-state index contributed by atoms with van der Waals surface area (Å²) in [5.41, 5.74) is 2.60. The number of aryl methyl sites for hydroxylation is 1. The van der Waals surface area contributed by atoms with Gasteiger partial charge in [-0.15, -0.1) is 0 Å². The van der Waals surface area contributed by atoms with E-state index < -0.39 is 0 Å². The average Bonchev–Trinajstić information content (AvgIpc) is 2.59. The van der Waals surface area contributed by atoms with Crippen molar-refractivity contribution in [1.82, 2.24) is 0 Å². The standard InChI is InChI=1S/C20H24N2O4/c1-5-25-18-12-17(19(26-6-2)11-16(18)21-14(4)23)22-20(24)15-9-7-13(3)8-10-15/h7-12H,5-6H2,1-4H3,(H,21,23)(H,22,24). The molecule has 0 aromatic heterocycles. The number of hydrogen-bond acceptors (Lipinski definition) is 4. The molecule has 2 amide bonds. The lowest BCUT2D eigenvalue weighted by atomic mass is 10.1. The average molecular weight is 356 g/mol. The fourth-order valence-electron chi connectivity index (χ4n) is 2.39. The zero-order chi connectivity index (χ0) is 19.1. The summed E-state index contributed by atoms with van der Waals surface area (Å²) in [6.45, 7) is 7.92. The van der Waals surface area contributed by atoms with Crippen LogP contribution < -0.4 is 20.1 Å². The van der Waals surface area contributed by atoms with E-state index in [0.717, 1.165) is 5.56 Å². The molecule has 0 aliphatic rings. The van der Waals surface area contributed by atoms with Gasteiger partial charge in [0.1, 0.15) is 11.5 Å². The normalized spacial score (nSPS) is 10.2. The summed E-state index contributed by atoms with van der Waals surface area (Å²) < 4.78 is 11.2. The molecule has 0 radical (unpaired) electrons. The maximum Gasteiger partial charge on any atom is 0.255 e. The molecule has 0 atom stereocenters. The fraction of sp³-hybridized carbons (Fsp3) is 0.300. The number of carbonyl (C=O) groups is 2. The van der Waals surface area contributed by atoms with Gasteiger partial charge in [0.2, 0.25) is 5.91 Å². The molecule has 2 aromatic carbocycles. The molecule has 0 bridgehead atoms. The van der Waals surface area contributed by atoms with E-state index in [-0.39, 0.29) is 11.8 Å². The quantitative estimate of drug-likeness (QED) is 0.786. The molecule has 0 aliphatic carbocycles. The number of nitrogens with one attached hydrogen (secondary N) is 2. The Labute approximate surface area is 153 Å². The first-order valence-corrected chi connectivity index (χ1v) is 8.53. The third-order valence-electron chi connectivity index (χ3n) is 3.55. The second-order valence-electron chi connectivity index (χ2n) is 5.71. The smallest absolute Gasteiger partial charge is 0.255 e. The molecule has 2 aromatic rings. The predicted octanol–water partition coefficient (Wildman–Crippen LogP) is 4.00. The minimum atomic E-state index is -0.249. The van der Waals surface area contributed by atoms with Gasteiger partial charge >= 0.3 is 0 Å². The van der Waals surface area contributed by atoms with Crippen molar-refractivity contribution >= 4 is 23.2 Å². The van der Waals surface area contributed by atoms with Gasteiger partial charge < -0.3 is 20.1 Å². The minimum Gasteiger partial charge on any atom is -0.492 e. The van der Waals surface area contributed by atoms with E-state index >= 15 is 0 Å². The summed E-state index contributed by atoms with van der Waals surface area (Å²) in [4.78, 5) is 24.0. The maximum absolute atomic E-state index is 12.5. The molecule has 0 heterocycles. The van der Waals surface area contributed by atoms with Gasteiger partial charge in [-0.1, -0.05) is 17.7 Å². The first kappa shape index (κ1) is 19.3. The first-order chi connectivity index (χ1) is 12.4. The van der Waals surface area contributed by atoms with Crippen LogP contribution in [0.3, 0.4) is 0 Å². The molecule has 26 heavy (non-hydrogen) atoms. The highest BCUT2D eigenvalue weighted by atomic mass is 16.5. The number of ether oxygens (including phenoxy) is 2. The van der Waals surface area contributed by atoms with Gasteiger partial charge in [0.05, 0.1) is 24.6 Å². The van der Waals surface area contributed by atoms with Crippen molar-refractivity contribution in [3.8, 4) is 11.5 Å². The van der Waals surface area contributed by atoms with E-state index in [9.17, 15) is 9.59 Å². The largest absolute Gasteiger partial charge is 0.492 e. The van der Waals surface area contributed by atoms with E-state index in [1.807, 2.05) is 32.9 Å². The van der Waals surface area contributed by atoms with E-state index in [0.29, 0.717) is 41.7 Å². The summed E-state index contributed by atoms with van der Waals surface area (Å²) in [5.74, 6) is 0.455. The zero-order valence-electron chi connectivity index (χ0n) is 15.5. The third-order valence-corrected chi connectivity index (χ3v) is 3.55. The van der Waals surface area contributed by atoms with Crippen LogP contribution in [0.4, 0.5) is 11.4 Å². The van der Waals surface area contributed by atoms with Crippen molar-refractivity contribution in [2.24, 2.45) is 0 Å². The molecule has 0 spiro atoms. The molecule has 0 saturated carbocycles. The van der Waals surface area contributed by atoms with Gasteiger partial charge in [-0.25, -0.2) is 0 Å². The Hall–Kier alpha value is -3.02. The highest BCUT2D eigenvalue weighted by Crippen LogP contribution is 2.37. The second-order valence-corrected chi connectivity index (χ2v) is 5.71. The first-order valence-electron chi connectivity index (χ1n) is 8.53. The molecule has 6 heteroatoms. The van der Waals surface area contributed by atoms with Crippen LogP contribution in [0.2, 0.25) is 0 Å². The number of rotatable bonds is 7. The molecule has 0 saturated heterocycles. The summed E-state index contributed by atoms with van der Waals surface area (Å²) in [5, 5.41) is 5.57. The van der Waals surface area contributed by atoms with Crippen LogP contribution in [-0.4, -0.2) is 25.0 Å². The maximum atomic E-state index is 12.5. The number of benzene rings is 2.